The minimum atomic E-state index is -3.61. The van der Waals surface area contributed by atoms with Crippen LogP contribution in [0.2, 0.25) is 0 Å². The number of esters is 1. The van der Waals surface area contributed by atoms with Crippen LogP contribution >= 0.6 is 0 Å². The molecule has 0 bridgehead atoms. The van der Waals surface area contributed by atoms with Gasteiger partial charge < -0.3 is 4.74 Å². The molecule has 1 N–H and O–H groups in total. The molecule has 0 aliphatic rings. The first-order valence-corrected chi connectivity index (χ1v) is 8.06. The zero-order valence-corrected chi connectivity index (χ0v) is 13.1. The van der Waals surface area contributed by atoms with Crippen molar-refractivity contribution in [3.05, 3.63) is 29.3 Å². The fraction of sp³-hybridized carbons (Fsp3) is 0.500. The number of hydrogen-bond donors (Lipinski definition) is 1. The molecule has 0 atom stereocenters. The van der Waals surface area contributed by atoms with Gasteiger partial charge in [0.2, 0.25) is 10.0 Å². The molecule has 1 aromatic carbocycles. The van der Waals surface area contributed by atoms with E-state index < -0.39 is 16.0 Å². The second-order valence-electron chi connectivity index (χ2n) is 4.89. The summed E-state index contributed by atoms with van der Waals surface area (Å²) in [4.78, 5) is 12.0. The summed E-state index contributed by atoms with van der Waals surface area (Å²) in [6.07, 6.45) is 0.720. The molecule has 0 aliphatic carbocycles. The fourth-order valence-electron chi connectivity index (χ4n) is 1.64. The summed E-state index contributed by atoms with van der Waals surface area (Å²) >= 11 is 0. The Morgan fingerprint density at radius 2 is 2.00 bits per heavy atom. The normalized spacial score (nSPS) is 11.7. The predicted octanol–water partition coefficient (Wildman–Crippen LogP) is 2.25. The Morgan fingerprint density at radius 3 is 2.55 bits per heavy atom. The van der Waals surface area contributed by atoms with Gasteiger partial charge in [-0.2, -0.15) is 0 Å². The van der Waals surface area contributed by atoms with E-state index in [1.165, 1.54) is 12.1 Å². The van der Waals surface area contributed by atoms with Crippen LogP contribution < -0.4 is 4.72 Å². The molecule has 0 amide bonds. The summed E-state index contributed by atoms with van der Waals surface area (Å²) in [6.45, 7) is 7.44. The molecular weight excluding hydrogens is 278 g/mol. The third-order valence-corrected chi connectivity index (χ3v) is 4.22. The third kappa shape index (κ3) is 4.31. The van der Waals surface area contributed by atoms with Crippen LogP contribution in [0.5, 0.6) is 0 Å². The smallest absolute Gasteiger partial charge is 0.338 e. The number of hydrogen-bond acceptors (Lipinski definition) is 4. The Bertz CT molecular complexity index is 579. The monoisotopic (exact) mass is 299 g/mol. The van der Waals surface area contributed by atoms with Crippen molar-refractivity contribution in [1.82, 2.24) is 4.72 Å². The van der Waals surface area contributed by atoms with Gasteiger partial charge in [-0.1, -0.05) is 13.0 Å². The van der Waals surface area contributed by atoms with Crippen LogP contribution in [0.1, 0.15) is 43.1 Å². The van der Waals surface area contributed by atoms with Crippen molar-refractivity contribution in [1.29, 1.82) is 0 Å². The maximum atomic E-state index is 12.1. The summed E-state index contributed by atoms with van der Waals surface area (Å²) in [5.41, 5.74) is 0.972. The lowest BCUT2D eigenvalue weighted by Gasteiger charge is -2.12. The van der Waals surface area contributed by atoms with E-state index >= 15 is 0 Å². The maximum absolute atomic E-state index is 12.1. The average Bonchev–Trinajstić information content (AvgIpc) is 2.34. The summed E-state index contributed by atoms with van der Waals surface area (Å²) in [6, 6.07) is 4.24. The highest BCUT2D eigenvalue weighted by molar-refractivity contribution is 7.89. The number of nitrogens with one attached hydrogen (secondary N) is 1. The molecule has 5 nitrogen and oxygen atoms in total. The minimum Gasteiger partial charge on any atom is -0.462 e. The standard InChI is InChI=1S/C14H21NO4S/c1-5-8-19-14(16)13-9-12(7-6-11(13)4)20(17,18)15-10(2)3/h6-7,9-10,15H,5,8H2,1-4H3. The van der Waals surface area contributed by atoms with Crippen LogP contribution in [0.3, 0.4) is 0 Å². The lowest BCUT2D eigenvalue weighted by molar-refractivity contribution is 0.0504. The van der Waals surface area contributed by atoms with Crippen LogP contribution in [0.4, 0.5) is 0 Å². The highest BCUT2D eigenvalue weighted by Crippen LogP contribution is 2.17. The van der Waals surface area contributed by atoms with Crippen LogP contribution in [-0.2, 0) is 14.8 Å². The molecule has 0 aliphatic heterocycles. The Labute approximate surface area is 120 Å². The summed E-state index contributed by atoms with van der Waals surface area (Å²) in [7, 11) is -3.61. The van der Waals surface area contributed by atoms with Gasteiger partial charge in [-0.05, 0) is 44.9 Å². The number of carbonyl (C=O) groups excluding carboxylic acids is 1. The van der Waals surface area contributed by atoms with Crippen molar-refractivity contribution < 1.29 is 17.9 Å². The van der Waals surface area contributed by atoms with Crippen molar-refractivity contribution in [3.8, 4) is 0 Å². The van der Waals surface area contributed by atoms with E-state index in [0.29, 0.717) is 12.2 Å². The number of benzene rings is 1. The first kappa shape index (κ1) is 16.7. The second kappa shape index (κ2) is 6.85. The molecule has 20 heavy (non-hydrogen) atoms. The van der Waals surface area contributed by atoms with E-state index in [1.54, 1.807) is 26.8 Å². The zero-order valence-electron chi connectivity index (χ0n) is 12.3. The van der Waals surface area contributed by atoms with Gasteiger partial charge in [0.1, 0.15) is 0 Å². The summed E-state index contributed by atoms with van der Waals surface area (Å²) < 4.78 is 31.7. The Kier molecular flexibility index (Phi) is 5.71. The van der Waals surface area contributed by atoms with E-state index in [1.807, 2.05) is 6.92 Å². The Morgan fingerprint density at radius 1 is 1.35 bits per heavy atom. The molecule has 1 aromatic rings. The molecule has 0 saturated carbocycles. The number of sulfonamides is 1. The van der Waals surface area contributed by atoms with E-state index in [4.69, 9.17) is 4.74 Å². The first-order chi connectivity index (χ1) is 9.27. The van der Waals surface area contributed by atoms with Crippen molar-refractivity contribution in [2.75, 3.05) is 6.61 Å². The highest BCUT2D eigenvalue weighted by atomic mass is 32.2. The molecule has 1 rings (SSSR count). The molecule has 6 heteroatoms. The number of ether oxygens (including phenoxy) is 1. The molecule has 0 radical (unpaired) electrons. The maximum Gasteiger partial charge on any atom is 0.338 e. The molecular formula is C14H21NO4S. The number of aryl methyl sites for hydroxylation is 1. The van der Waals surface area contributed by atoms with E-state index in [2.05, 4.69) is 4.72 Å². The SMILES string of the molecule is CCCOC(=O)c1cc(S(=O)(=O)NC(C)C)ccc1C. The quantitative estimate of drug-likeness (QED) is 0.818. The lowest BCUT2D eigenvalue weighted by atomic mass is 10.1. The van der Waals surface area contributed by atoms with Gasteiger partial charge in [-0.3, -0.25) is 0 Å². The van der Waals surface area contributed by atoms with Gasteiger partial charge >= 0.3 is 5.97 Å². The fourth-order valence-corrected chi connectivity index (χ4v) is 2.92. The minimum absolute atomic E-state index is 0.0697. The Balaban J connectivity index is 3.11. The van der Waals surface area contributed by atoms with Crippen molar-refractivity contribution in [2.24, 2.45) is 0 Å². The van der Waals surface area contributed by atoms with E-state index in [0.717, 1.165) is 6.42 Å². The first-order valence-electron chi connectivity index (χ1n) is 6.58. The van der Waals surface area contributed by atoms with E-state index in [9.17, 15) is 13.2 Å². The molecule has 0 fully saturated rings. The van der Waals surface area contributed by atoms with Gasteiger partial charge in [0.25, 0.3) is 0 Å². The van der Waals surface area contributed by atoms with Gasteiger partial charge in [0.05, 0.1) is 17.1 Å². The van der Waals surface area contributed by atoms with Gasteiger partial charge in [-0.15, -0.1) is 0 Å². The molecule has 0 heterocycles. The van der Waals surface area contributed by atoms with Crippen LogP contribution in [0.15, 0.2) is 23.1 Å². The summed E-state index contributed by atoms with van der Waals surface area (Å²) in [5.74, 6) is -0.494. The number of carbonyl (C=O) groups is 1. The lowest BCUT2D eigenvalue weighted by Crippen LogP contribution is -2.30. The van der Waals surface area contributed by atoms with Crippen LogP contribution in [0, 0.1) is 6.92 Å². The van der Waals surface area contributed by atoms with Crippen LogP contribution in [0.25, 0.3) is 0 Å². The topological polar surface area (TPSA) is 72.5 Å². The van der Waals surface area contributed by atoms with Crippen molar-refractivity contribution in [2.45, 2.75) is 45.1 Å². The van der Waals surface area contributed by atoms with E-state index in [-0.39, 0.29) is 16.5 Å². The van der Waals surface area contributed by atoms with Crippen LogP contribution in [-0.4, -0.2) is 27.0 Å². The molecule has 0 spiro atoms. The van der Waals surface area contributed by atoms with Crippen molar-refractivity contribution in [3.63, 3.8) is 0 Å². The highest BCUT2D eigenvalue weighted by Gasteiger charge is 2.19. The third-order valence-electron chi connectivity index (χ3n) is 2.57. The number of rotatable bonds is 6. The molecule has 0 aromatic heterocycles. The Hall–Kier alpha value is -1.40. The van der Waals surface area contributed by atoms with Gasteiger partial charge in [0.15, 0.2) is 0 Å². The molecule has 0 unspecified atom stereocenters. The zero-order chi connectivity index (χ0) is 15.3. The van der Waals surface area contributed by atoms with Gasteiger partial charge in [-0.25, -0.2) is 17.9 Å². The summed E-state index contributed by atoms with van der Waals surface area (Å²) in [5, 5.41) is 0. The second-order valence-corrected chi connectivity index (χ2v) is 6.60. The van der Waals surface area contributed by atoms with Gasteiger partial charge in [0, 0.05) is 6.04 Å². The molecule has 112 valence electrons. The predicted molar refractivity (Wildman–Crippen MR) is 77.2 cm³/mol. The average molecular weight is 299 g/mol. The van der Waals surface area contributed by atoms with Crippen molar-refractivity contribution >= 4 is 16.0 Å². The largest absolute Gasteiger partial charge is 0.462 e. The molecule has 0 saturated heterocycles.